The van der Waals surface area contributed by atoms with E-state index in [9.17, 15) is 61.0 Å². The number of aliphatic hydroxyl groups excluding tert-OH is 11. The molecule has 19 nitrogen and oxygen atoms in total. The van der Waals surface area contributed by atoms with Gasteiger partial charge in [-0.3, -0.25) is 0 Å². The van der Waals surface area contributed by atoms with Crippen LogP contribution < -0.4 is 0 Å². The number of benzene rings is 1. The summed E-state index contributed by atoms with van der Waals surface area (Å²) in [5.74, 6) is -1.00. The Labute approximate surface area is 446 Å². The second-order valence-electron chi connectivity index (χ2n) is 25.1. The number of aliphatic hydroxyl groups is 11. The SMILES string of the molecule is CC(C)=CCC[C@](C)(O[C@@H]1O[C@H](CO)[C@@H](O)[C@H](O)[C@H]1O)[C@H]1CC[C@]2(C)[C@@H]1[C@H](O)C[C@@H]1[C@@]3(C)CC[C@H](O[C@@H]4O[C@H](CO)[C@@H](O)[C@H](O)[C@H]4O[C@@H]4O[C@H](COC(=O)/C=C/c5ccccc5)[C@@H](O)[C@H](O)[C@H]4O)C(C)(C)[C@@H]3CC[C@]12C. The van der Waals surface area contributed by atoms with Crippen molar-refractivity contribution in [1.82, 2.24) is 0 Å². The summed E-state index contributed by atoms with van der Waals surface area (Å²) in [6.07, 6.45) is -13.6. The summed E-state index contributed by atoms with van der Waals surface area (Å²) in [6.45, 7) is 15.6. The van der Waals surface area contributed by atoms with Crippen LogP contribution >= 0.6 is 0 Å². The van der Waals surface area contributed by atoms with Crippen LogP contribution in [-0.2, 0) is 38.0 Å². The summed E-state index contributed by atoms with van der Waals surface area (Å²) >= 11 is 0. The van der Waals surface area contributed by atoms with Crippen molar-refractivity contribution in [2.24, 2.45) is 45.3 Å². The van der Waals surface area contributed by atoms with Gasteiger partial charge in [0.15, 0.2) is 18.9 Å². The molecule has 3 heterocycles. The number of esters is 1. The first kappa shape index (κ1) is 59.6. The Hall–Kier alpha value is -2.51. The van der Waals surface area contributed by atoms with Crippen LogP contribution in [0.2, 0.25) is 0 Å². The van der Waals surface area contributed by atoms with Crippen LogP contribution in [0.5, 0.6) is 0 Å². The largest absolute Gasteiger partial charge is 0.460 e. The van der Waals surface area contributed by atoms with Crippen molar-refractivity contribution in [1.29, 1.82) is 0 Å². The van der Waals surface area contributed by atoms with Gasteiger partial charge in [-0.2, -0.15) is 0 Å². The lowest BCUT2D eigenvalue weighted by atomic mass is 9.35. The lowest BCUT2D eigenvalue weighted by molar-refractivity contribution is -0.378. The predicted molar refractivity (Wildman–Crippen MR) is 273 cm³/mol. The third-order valence-corrected chi connectivity index (χ3v) is 20.2. The van der Waals surface area contributed by atoms with E-state index >= 15 is 0 Å². The van der Waals surface area contributed by atoms with Gasteiger partial charge in [0.2, 0.25) is 0 Å². The summed E-state index contributed by atoms with van der Waals surface area (Å²) in [7, 11) is 0. The summed E-state index contributed by atoms with van der Waals surface area (Å²) in [4.78, 5) is 12.6. The highest BCUT2D eigenvalue weighted by molar-refractivity contribution is 5.87. The number of fused-ring (bicyclic) bond motifs is 5. The van der Waals surface area contributed by atoms with Crippen LogP contribution in [0.15, 0.2) is 48.1 Å². The molecule has 7 fully saturated rings. The topological polar surface area (TPSA) is 304 Å². The van der Waals surface area contributed by atoms with Crippen molar-refractivity contribution >= 4 is 12.0 Å². The van der Waals surface area contributed by atoms with Gasteiger partial charge in [0.1, 0.15) is 79.9 Å². The zero-order chi connectivity index (χ0) is 55.4. The van der Waals surface area contributed by atoms with Crippen LogP contribution in [0.4, 0.5) is 0 Å². The van der Waals surface area contributed by atoms with E-state index in [0.717, 1.165) is 36.8 Å². The van der Waals surface area contributed by atoms with Crippen molar-refractivity contribution in [3.63, 3.8) is 0 Å². The first-order valence-electron chi connectivity index (χ1n) is 27.6. The maximum Gasteiger partial charge on any atom is 0.330 e. The molecule has 0 spiro atoms. The fraction of sp³-hybridized carbons (Fsp3) is 0.807. The highest BCUT2D eigenvalue weighted by Crippen LogP contribution is 2.76. The second-order valence-corrected chi connectivity index (χ2v) is 25.1. The molecule has 25 atom stereocenters. The van der Waals surface area contributed by atoms with E-state index in [0.29, 0.717) is 32.1 Å². The summed E-state index contributed by atoms with van der Waals surface area (Å²) < 4.78 is 43.2. The minimum absolute atomic E-state index is 0.0588. The minimum atomic E-state index is -1.86. The van der Waals surface area contributed by atoms with Gasteiger partial charge >= 0.3 is 5.97 Å². The minimum Gasteiger partial charge on any atom is -0.460 e. The highest BCUT2D eigenvalue weighted by Gasteiger charge is 2.72. The molecule has 7 aliphatic rings. The molecule has 1 aromatic rings. The van der Waals surface area contributed by atoms with Crippen molar-refractivity contribution in [3.8, 4) is 0 Å². The Bertz CT molecular complexity index is 2170. The molecular formula is C57H88O19. The molecule has 0 aromatic heterocycles. The maximum atomic E-state index is 12.7. The number of hydrogen-bond acceptors (Lipinski definition) is 19. The Morgan fingerprint density at radius 1 is 0.684 bits per heavy atom. The monoisotopic (exact) mass is 1080 g/mol. The first-order chi connectivity index (χ1) is 35.8. The Morgan fingerprint density at radius 3 is 1.92 bits per heavy atom. The number of carbonyl (C=O) groups is 1. The van der Waals surface area contributed by atoms with Crippen LogP contribution in [-0.4, -0.2) is 192 Å². The molecule has 0 amide bonds. The van der Waals surface area contributed by atoms with Gasteiger partial charge in [0, 0.05) is 6.08 Å². The zero-order valence-electron chi connectivity index (χ0n) is 45.4. The summed E-state index contributed by atoms with van der Waals surface area (Å²) in [5.41, 5.74) is -0.516. The number of ether oxygens (including phenoxy) is 7. The number of rotatable bonds is 16. The van der Waals surface area contributed by atoms with Crippen LogP contribution in [0.1, 0.15) is 119 Å². The molecule has 0 bridgehead atoms. The summed E-state index contributed by atoms with van der Waals surface area (Å²) in [5, 5.41) is 121. The molecule has 0 unspecified atom stereocenters. The van der Waals surface area contributed by atoms with Gasteiger partial charge in [-0.1, -0.05) is 76.6 Å². The summed E-state index contributed by atoms with van der Waals surface area (Å²) in [6, 6.07) is 9.03. The average molecular weight is 1080 g/mol. The highest BCUT2D eigenvalue weighted by atomic mass is 16.8. The van der Waals surface area contributed by atoms with E-state index in [-0.39, 0.29) is 39.9 Å². The van der Waals surface area contributed by atoms with Gasteiger partial charge in [0.25, 0.3) is 0 Å². The van der Waals surface area contributed by atoms with Gasteiger partial charge in [0.05, 0.1) is 31.0 Å². The number of allylic oxidation sites excluding steroid dienone is 2. The van der Waals surface area contributed by atoms with E-state index in [1.54, 1.807) is 30.3 Å². The Balaban J connectivity index is 0.993. The average Bonchev–Trinajstić information content (AvgIpc) is 3.77. The number of carbonyl (C=O) groups excluding carboxylic acids is 1. The smallest absolute Gasteiger partial charge is 0.330 e. The first-order valence-corrected chi connectivity index (χ1v) is 27.6. The van der Waals surface area contributed by atoms with E-state index in [1.807, 2.05) is 26.8 Å². The standard InChI is InChI=1S/C57H88O19/c1-29(2)13-12-21-57(8,76-51-48(69)44(65)41(62)33(26-58)71-51)31-18-23-56(7)40(31)32(60)25-37-54(5)22-20-38(53(3,4)36(54)19-24-55(37,56)6)74-52-49(46(67)42(63)34(27-59)72-52)75-50-47(68)45(66)43(64)35(73-50)28-70-39(61)17-16-30-14-10-9-11-15-30/h9-11,13-17,31-38,40-52,58-60,62-69H,12,18-28H2,1-8H3/b17-16+/t31-,32+,33+,34+,35+,36-,37+,38-,40-,41+,42+,43+,44-,45-,46-,47+,48+,49+,50-,51-,52-,54-,55+,56+,57-/m0/s1. The van der Waals surface area contributed by atoms with E-state index in [4.69, 9.17) is 33.2 Å². The molecule has 4 saturated carbocycles. The van der Waals surface area contributed by atoms with Crippen molar-refractivity contribution in [3.05, 3.63) is 53.6 Å². The zero-order valence-corrected chi connectivity index (χ0v) is 45.4. The lowest BCUT2D eigenvalue weighted by Crippen LogP contribution is -2.68. The fourth-order valence-electron chi connectivity index (χ4n) is 15.8. The molecule has 430 valence electrons. The van der Waals surface area contributed by atoms with Crippen molar-refractivity contribution < 1.29 is 94.1 Å². The molecule has 0 radical (unpaired) electrons. The maximum absolute atomic E-state index is 12.7. The number of hydrogen-bond donors (Lipinski definition) is 11. The molecule has 4 aliphatic carbocycles. The Morgan fingerprint density at radius 2 is 1.28 bits per heavy atom. The molecule has 3 saturated heterocycles. The fourth-order valence-corrected chi connectivity index (χ4v) is 15.8. The van der Waals surface area contributed by atoms with Gasteiger partial charge in [-0.05, 0) is 136 Å². The molecular weight excluding hydrogens is 989 g/mol. The third kappa shape index (κ3) is 10.9. The lowest BCUT2D eigenvalue weighted by Gasteiger charge is -2.71. The van der Waals surface area contributed by atoms with Crippen LogP contribution in [0, 0.1) is 45.3 Å². The molecule has 3 aliphatic heterocycles. The third-order valence-electron chi connectivity index (χ3n) is 20.2. The van der Waals surface area contributed by atoms with Gasteiger partial charge in [-0.25, -0.2) is 4.79 Å². The molecule has 11 N–H and O–H groups in total. The van der Waals surface area contributed by atoms with Crippen LogP contribution in [0.25, 0.3) is 6.08 Å². The Kier molecular flexibility index (Phi) is 18.2. The van der Waals surface area contributed by atoms with E-state index < -0.39 is 141 Å². The van der Waals surface area contributed by atoms with Gasteiger partial charge in [-0.15, -0.1) is 0 Å². The quantitative estimate of drug-likeness (QED) is 0.0490. The molecule has 8 rings (SSSR count). The predicted octanol–water partition coefficient (Wildman–Crippen LogP) is 2.24. The van der Waals surface area contributed by atoms with Crippen molar-refractivity contribution in [2.75, 3.05) is 19.8 Å². The van der Waals surface area contributed by atoms with Gasteiger partial charge < -0.3 is 89.3 Å². The molecule has 76 heavy (non-hydrogen) atoms. The van der Waals surface area contributed by atoms with Crippen LogP contribution in [0.3, 0.4) is 0 Å². The molecule has 1 aromatic carbocycles. The van der Waals surface area contributed by atoms with Crippen molar-refractivity contribution in [2.45, 2.75) is 223 Å². The normalized spacial score (nSPS) is 47.0. The van der Waals surface area contributed by atoms with E-state index in [2.05, 4.69) is 40.7 Å². The second kappa shape index (κ2) is 23.2. The van der Waals surface area contributed by atoms with E-state index in [1.165, 1.54) is 6.08 Å². The molecule has 19 heteroatoms.